The number of hydrogen-bond donors (Lipinski definition) is 5. The van der Waals surface area contributed by atoms with Crippen molar-refractivity contribution in [1.29, 1.82) is 0 Å². The molecule has 2 unspecified atom stereocenters. The Bertz CT molecular complexity index is 254. The Balaban J connectivity index is 0.000000200. The minimum atomic E-state index is -0.321. The summed E-state index contributed by atoms with van der Waals surface area (Å²) in [6.07, 6.45) is 2.22. The predicted molar refractivity (Wildman–Crippen MR) is 83.7 cm³/mol. The van der Waals surface area contributed by atoms with Crippen LogP contribution < -0.4 is 27.9 Å². The van der Waals surface area contributed by atoms with E-state index in [0.29, 0.717) is 0 Å². The van der Waals surface area contributed by atoms with Crippen LogP contribution in [0.15, 0.2) is 0 Å². The van der Waals surface area contributed by atoms with Gasteiger partial charge in [-0.05, 0) is 12.8 Å². The lowest BCUT2D eigenvalue weighted by molar-refractivity contribution is 0.0611. The average Bonchev–Trinajstić information content (AvgIpc) is 2.51. The summed E-state index contributed by atoms with van der Waals surface area (Å²) in [7, 11) is 0. The van der Waals surface area contributed by atoms with Crippen molar-refractivity contribution in [3.05, 3.63) is 0 Å². The number of hydrazine groups is 1. The number of nitrogens with two attached hydrogens (primary N) is 3. The molecule has 2 atom stereocenters. The highest BCUT2D eigenvalue weighted by atomic mass is 15.5. The van der Waals surface area contributed by atoms with Gasteiger partial charge in [0.15, 0.2) is 0 Å². The van der Waals surface area contributed by atoms with Gasteiger partial charge in [-0.1, -0.05) is 13.8 Å². The molecule has 0 aliphatic carbocycles. The van der Waals surface area contributed by atoms with E-state index >= 15 is 0 Å². The molecular formula is C13H33N7. The molecule has 0 bridgehead atoms. The smallest absolute Gasteiger partial charge is 0.0941 e. The molecule has 8 N–H and O–H groups in total. The van der Waals surface area contributed by atoms with Crippen LogP contribution >= 0.6 is 0 Å². The van der Waals surface area contributed by atoms with Crippen LogP contribution in [0.2, 0.25) is 0 Å². The summed E-state index contributed by atoms with van der Waals surface area (Å²) < 4.78 is 0. The normalized spacial score (nSPS) is 30.4. The number of piperazine rings is 2. The summed E-state index contributed by atoms with van der Waals surface area (Å²) in [4.78, 5) is 2.33. The number of nitrogens with zero attached hydrogens (tertiary/aromatic N) is 2. The van der Waals surface area contributed by atoms with Crippen molar-refractivity contribution in [2.75, 3.05) is 45.8 Å². The first kappa shape index (κ1) is 17.8. The van der Waals surface area contributed by atoms with Crippen LogP contribution in [0.5, 0.6) is 0 Å². The second kappa shape index (κ2) is 8.89. The Kier molecular flexibility index (Phi) is 7.90. The molecule has 0 saturated carbocycles. The highest BCUT2D eigenvalue weighted by Crippen LogP contribution is 2.10. The zero-order valence-electron chi connectivity index (χ0n) is 13.1. The van der Waals surface area contributed by atoms with Crippen LogP contribution in [0.3, 0.4) is 0 Å². The number of rotatable bonds is 3. The van der Waals surface area contributed by atoms with E-state index in [0.717, 1.165) is 58.7 Å². The van der Waals surface area contributed by atoms with E-state index in [-0.39, 0.29) is 11.8 Å². The fourth-order valence-corrected chi connectivity index (χ4v) is 2.43. The third-order valence-electron chi connectivity index (χ3n) is 4.18. The molecule has 2 heterocycles. The number of nitrogens with one attached hydrogen (secondary N) is 2. The Labute approximate surface area is 123 Å². The fraction of sp³-hybridized carbons (Fsp3) is 1.00. The van der Waals surface area contributed by atoms with Gasteiger partial charge in [-0.15, -0.1) is 0 Å². The van der Waals surface area contributed by atoms with Crippen LogP contribution in [-0.2, 0) is 0 Å². The van der Waals surface area contributed by atoms with Crippen molar-refractivity contribution in [3.63, 3.8) is 0 Å². The molecule has 0 radical (unpaired) electrons. The molecule has 0 aromatic rings. The molecule has 7 heteroatoms. The van der Waals surface area contributed by atoms with E-state index in [1.54, 1.807) is 5.01 Å². The molecule has 2 aliphatic rings. The van der Waals surface area contributed by atoms with Crippen LogP contribution in [-0.4, -0.2) is 67.6 Å². The molecule has 0 aromatic carbocycles. The summed E-state index contributed by atoms with van der Waals surface area (Å²) in [5, 5.41) is 8.23. The zero-order chi connectivity index (χ0) is 15.0. The highest BCUT2D eigenvalue weighted by molar-refractivity contribution is 4.86. The van der Waals surface area contributed by atoms with Crippen LogP contribution in [0.1, 0.15) is 26.7 Å². The first-order chi connectivity index (χ1) is 9.53. The van der Waals surface area contributed by atoms with Gasteiger partial charge in [0, 0.05) is 45.8 Å². The lowest BCUT2D eigenvalue weighted by Gasteiger charge is -2.41. The summed E-state index contributed by atoms with van der Waals surface area (Å²) in [5.41, 5.74) is 11.5. The summed E-state index contributed by atoms with van der Waals surface area (Å²) in [6, 6.07) is 0. The topological polar surface area (TPSA) is 109 Å². The summed E-state index contributed by atoms with van der Waals surface area (Å²) in [6.45, 7) is 11.1. The fourth-order valence-electron chi connectivity index (χ4n) is 2.43. The molecule has 2 fully saturated rings. The maximum absolute atomic E-state index is 5.94. The van der Waals surface area contributed by atoms with E-state index in [2.05, 4.69) is 22.5 Å². The third kappa shape index (κ3) is 5.25. The molecular weight excluding hydrogens is 254 g/mol. The van der Waals surface area contributed by atoms with Crippen molar-refractivity contribution >= 4 is 0 Å². The van der Waals surface area contributed by atoms with Gasteiger partial charge in [0.05, 0.1) is 11.8 Å². The molecule has 0 spiro atoms. The van der Waals surface area contributed by atoms with Gasteiger partial charge < -0.3 is 22.1 Å². The van der Waals surface area contributed by atoms with Gasteiger partial charge in [-0.3, -0.25) is 10.7 Å². The van der Waals surface area contributed by atoms with E-state index in [1.807, 2.05) is 6.92 Å². The molecule has 0 amide bonds. The molecule has 2 aliphatic heterocycles. The largest absolute Gasteiger partial charge is 0.316 e. The zero-order valence-corrected chi connectivity index (χ0v) is 13.1. The van der Waals surface area contributed by atoms with E-state index in [4.69, 9.17) is 17.3 Å². The maximum atomic E-state index is 5.94. The van der Waals surface area contributed by atoms with Gasteiger partial charge in [0.25, 0.3) is 0 Å². The Morgan fingerprint density at radius 1 is 1.10 bits per heavy atom. The second-order valence-corrected chi connectivity index (χ2v) is 5.59. The lowest BCUT2D eigenvalue weighted by Crippen LogP contribution is -2.68. The van der Waals surface area contributed by atoms with Crippen molar-refractivity contribution in [1.82, 2.24) is 20.5 Å². The van der Waals surface area contributed by atoms with Crippen molar-refractivity contribution in [2.45, 2.75) is 38.5 Å². The van der Waals surface area contributed by atoms with Crippen molar-refractivity contribution < 1.29 is 0 Å². The SMILES string of the molecule is CCC(N)N1CCNCC1.CCC1(N)CNCCN1N. The van der Waals surface area contributed by atoms with Gasteiger partial charge >= 0.3 is 0 Å². The second-order valence-electron chi connectivity index (χ2n) is 5.59. The monoisotopic (exact) mass is 287 g/mol. The molecule has 0 aromatic heterocycles. The lowest BCUT2D eigenvalue weighted by atomic mass is 10.1. The van der Waals surface area contributed by atoms with Crippen LogP contribution in [0, 0.1) is 0 Å². The molecule has 7 nitrogen and oxygen atoms in total. The maximum Gasteiger partial charge on any atom is 0.0941 e. The van der Waals surface area contributed by atoms with E-state index < -0.39 is 0 Å². The van der Waals surface area contributed by atoms with E-state index in [9.17, 15) is 0 Å². The molecule has 20 heavy (non-hydrogen) atoms. The quantitative estimate of drug-likeness (QED) is 0.399. The van der Waals surface area contributed by atoms with Crippen molar-refractivity contribution in [2.24, 2.45) is 17.3 Å². The molecule has 2 rings (SSSR count). The third-order valence-corrected chi connectivity index (χ3v) is 4.18. The van der Waals surface area contributed by atoms with Crippen LogP contribution in [0.4, 0.5) is 0 Å². The van der Waals surface area contributed by atoms with Gasteiger partial charge in [-0.25, -0.2) is 5.01 Å². The predicted octanol–water partition coefficient (Wildman–Crippen LogP) is -1.58. The standard InChI is InChI=1S/C7H17N3.C6H16N4/c1-2-7(8)10-5-3-9-4-6-10;1-2-6(7)5-9-3-4-10(6)8/h7,9H,2-6,8H2,1H3;9H,2-5,7-8H2,1H3. The highest BCUT2D eigenvalue weighted by Gasteiger charge is 2.30. The minimum Gasteiger partial charge on any atom is -0.316 e. The summed E-state index contributed by atoms with van der Waals surface area (Å²) >= 11 is 0. The molecule has 120 valence electrons. The van der Waals surface area contributed by atoms with E-state index in [1.165, 1.54) is 0 Å². The molecule has 2 saturated heterocycles. The summed E-state index contributed by atoms with van der Waals surface area (Å²) in [5.74, 6) is 5.69. The first-order valence-corrected chi connectivity index (χ1v) is 7.75. The van der Waals surface area contributed by atoms with Gasteiger partial charge in [0.1, 0.15) is 0 Å². The van der Waals surface area contributed by atoms with Crippen LogP contribution in [0.25, 0.3) is 0 Å². The van der Waals surface area contributed by atoms with Gasteiger partial charge in [-0.2, -0.15) is 0 Å². The first-order valence-electron chi connectivity index (χ1n) is 7.75. The minimum absolute atomic E-state index is 0.280. The van der Waals surface area contributed by atoms with Crippen molar-refractivity contribution in [3.8, 4) is 0 Å². The Morgan fingerprint density at radius 3 is 2.15 bits per heavy atom. The van der Waals surface area contributed by atoms with Gasteiger partial charge in [0.2, 0.25) is 0 Å². The average molecular weight is 287 g/mol. The Morgan fingerprint density at radius 2 is 1.70 bits per heavy atom. The Hall–Kier alpha value is -0.280. The number of hydrogen-bond acceptors (Lipinski definition) is 7.